The van der Waals surface area contributed by atoms with Crippen molar-refractivity contribution in [2.45, 2.75) is 20.8 Å². The molecule has 1 aromatic heterocycles. The summed E-state index contributed by atoms with van der Waals surface area (Å²) in [6.07, 6.45) is 1.74. The fraction of sp³-hybridized carbons (Fsp3) is 0.182. The summed E-state index contributed by atoms with van der Waals surface area (Å²) in [5, 5.41) is 17.7. The van der Waals surface area contributed by atoms with Crippen molar-refractivity contribution in [3.63, 3.8) is 0 Å². The van der Waals surface area contributed by atoms with Gasteiger partial charge >= 0.3 is 0 Å². The largest absolute Gasteiger partial charge is 0.269 e. The lowest BCUT2D eigenvalue weighted by atomic mass is 10.1. The van der Waals surface area contributed by atoms with E-state index in [0.29, 0.717) is 6.54 Å². The highest BCUT2D eigenvalue weighted by atomic mass is 32.1. The first-order valence-electron chi connectivity index (χ1n) is 9.10. The Hall–Kier alpha value is -3.32. The minimum atomic E-state index is -0.409. The SMILES string of the molecule is C=CCN=c1scc(-c2ccc(C)c(C)c2)n1N=C(C)c1ccc([N+](=O)[O-])cc1. The van der Waals surface area contributed by atoms with Crippen molar-refractivity contribution in [3.05, 3.63) is 92.1 Å². The van der Waals surface area contributed by atoms with Crippen LogP contribution in [0.1, 0.15) is 23.6 Å². The van der Waals surface area contributed by atoms with Crippen LogP contribution in [0.15, 0.2) is 70.6 Å². The van der Waals surface area contributed by atoms with Gasteiger partial charge in [-0.25, -0.2) is 4.68 Å². The van der Waals surface area contributed by atoms with E-state index in [2.05, 4.69) is 43.6 Å². The molecule has 0 amide bonds. The number of non-ortho nitro benzene ring substituents is 1. The molecular formula is C22H22N4O2S. The van der Waals surface area contributed by atoms with Gasteiger partial charge in [0.1, 0.15) is 0 Å². The number of thiazole rings is 1. The van der Waals surface area contributed by atoms with Crippen LogP contribution in [-0.2, 0) is 0 Å². The minimum absolute atomic E-state index is 0.0576. The molecule has 0 N–H and O–H groups in total. The van der Waals surface area contributed by atoms with Gasteiger partial charge in [0.05, 0.1) is 22.9 Å². The predicted molar refractivity (Wildman–Crippen MR) is 119 cm³/mol. The quantitative estimate of drug-likeness (QED) is 0.247. The second-order valence-corrected chi connectivity index (χ2v) is 7.47. The van der Waals surface area contributed by atoms with Crippen molar-refractivity contribution in [2.24, 2.45) is 10.1 Å². The van der Waals surface area contributed by atoms with E-state index >= 15 is 0 Å². The van der Waals surface area contributed by atoms with Crippen molar-refractivity contribution in [1.29, 1.82) is 0 Å². The fourth-order valence-electron chi connectivity index (χ4n) is 2.78. The number of hydrogen-bond donors (Lipinski definition) is 0. The Morgan fingerprint density at radius 3 is 2.55 bits per heavy atom. The molecule has 1 heterocycles. The lowest BCUT2D eigenvalue weighted by molar-refractivity contribution is -0.384. The number of aromatic nitrogens is 1. The lowest BCUT2D eigenvalue weighted by Gasteiger charge is -2.08. The third-order valence-corrected chi connectivity index (χ3v) is 5.44. The van der Waals surface area contributed by atoms with Crippen LogP contribution in [0.5, 0.6) is 0 Å². The topological polar surface area (TPSA) is 72.8 Å². The van der Waals surface area contributed by atoms with Gasteiger partial charge < -0.3 is 0 Å². The van der Waals surface area contributed by atoms with E-state index < -0.39 is 4.92 Å². The van der Waals surface area contributed by atoms with E-state index in [1.54, 1.807) is 18.2 Å². The van der Waals surface area contributed by atoms with Crippen molar-refractivity contribution in [3.8, 4) is 11.3 Å². The van der Waals surface area contributed by atoms with Crippen LogP contribution >= 0.6 is 11.3 Å². The summed E-state index contributed by atoms with van der Waals surface area (Å²) in [6, 6.07) is 12.7. The van der Waals surface area contributed by atoms with Crippen molar-refractivity contribution in [1.82, 2.24) is 4.68 Å². The number of nitrogens with zero attached hydrogens (tertiary/aromatic N) is 4. The molecule has 2 aromatic carbocycles. The zero-order valence-electron chi connectivity index (χ0n) is 16.6. The number of nitro groups is 1. The second kappa shape index (κ2) is 8.79. The van der Waals surface area contributed by atoms with E-state index in [1.165, 1.54) is 34.6 Å². The molecule has 0 spiro atoms. The molecule has 7 heteroatoms. The Kier molecular flexibility index (Phi) is 6.19. The number of rotatable bonds is 6. The fourth-order valence-corrected chi connectivity index (χ4v) is 3.62. The van der Waals surface area contributed by atoms with Gasteiger partial charge in [-0.1, -0.05) is 18.2 Å². The van der Waals surface area contributed by atoms with Crippen molar-refractivity contribution >= 4 is 22.7 Å². The molecule has 3 aromatic rings. The molecule has 0 fully saturated rings. The highest BCUT2D eigenvalue weighted by Crippen LogP contribution is 2.23. The molecular weight excluding hydrogens is 384 g/mol. The monoisotopic (exact) mass is 406 g/mol. The molecule has 0 saturated carbocycles. The normalized spacial score (nSPS) is 12.2. The maximum Gasteiger partial charge on any atom is 0.269 e. The Morgan fingerprint density at radius 2 is 1.93 bits per heavy atom. The van der Waals surface area contributed by atoms with Crippen LogP contribution in [0.25, 0.3) is 11.3 Å². The van der Waals surface area contributed by atoms with Crippen LogP contribution in [0.4, 0.5) is 5.69 Å². The van der Waals surface area contributed by atoms with E-state index in [-0.39, 0.29) is 5.69 Å². The van der Waals surface area contributed by atoms with Gasteiger partial charge in [0.2, 0.25) is 4.80 Å². The molecule has 0 radical (unpaired) electrons. The van der Waals surface area contributed by atoms with Crippen molar-refractivity contribution < 1.29 is 4.92 Å². The van der Waals surface area contributed by atoms with Gasteiger partial charge in [-0.2, -0.15) is 5.10 Å². The van der Waals surface area contributed by atoms with Crippen LogP contribution in [0, 0.1) is 24.0 Å². The molecule has 29 heavy (non-hydrogen) atoms. The zero-order valence-corrected chi connectivity index (χ0v) is 17.4. The molecule has 0 unspecified atom stereocenters. The van der Waals surface area contributed by atoms with Gasteiger partial charge in [-0.3, -0.25) is 15.1 Å². The summed E-state index contributed by atoms with van der Waals surface area (Å²) in [6.45, 7) is 10.3. The second-order valence-electron chi connectivity index (χ2n) is 6.63. The summed E-state index contributed by atoms with van der Waals surface area (Å²) >= 11 is 1.52. The van der Waals surface area contributed by atoms with Crippen LogP contribution < -0.4 is 4.80 Å². The highest BCUT2D eigenvalue weighted by molar-refractivity contribution is 7.07. The van der Waals surface area contributed by atoms with Gasteiger partial charge in [-0.05, 0) is 55.7 Å². The Labute approximate surface area is 173 Å². The molecule has 6 nitrogen and oxygen atoms in total. The first-order chi connectivity index (χ1) is 13.9. The molecule has 0 aliphatic rings. The number of aryl methyl sites for hydroxylation is 2. The molecule has 0 aliphatic carbocycles. The predicted octanol–water partition coefficient (Wildman–Crippen LogP) is 5.10. The third-order valence-electron chi connectivity index (χ3n) is 4.59. The summed E-state index contributed by atoms with van der Waals surface area (Å²) < 4.78 is 1.83. The summed E-state index contributed by atoms with van der Waals surface area (Å²) in [4.78, 5) is 15.8. The van der Waals surface area contributed by atoms with Gasteiger partial charge in [-0.15, -0.1) is 17.9 Å². The summed E-state index contributed by atoms with van der Waals surface area (Å²) in [7, 11) is 0. The maximum atomic E-state index is 10.9. The van der Waals surface area contributed by atoms with Crippen LogP contribution in [0.2, 0.25) is 0 Å². The summed E-state index contributed by atoms with van der Waals surface area (Å²) in [5.74, 6) is 0. The van der Waals surface area contributed by atoms with E-state index in [0.717, 1.165) is 27.3 Å². The third kappa shape index (κ3) is 4.57. The van der Waals surface area contributed by atoms with Crippen LogP contribution in [-0.4, -0.2) is 21.9 Å². The highest BCUT2D eigenvalue weighted by Gasteiger charge is 2.11. The molecule has 0 atom stereocenters. The Balaban J connectivity index is 2.11. The van der Waals surface area contributed by atoms with E-state index in [9.17, 15) is 10.1 Å². The van der Waals surface area contributed by atoms with Crippen molar-refractivity contribution in [2.75, 3.05) is 6.54 Å². The van der Waals surface area contributed by atoms with Gasteiger partial charge in [0.25, 0.3) is 5.69 Å². The molecule has 0 bridgehead atoms. The number of hydrogen-bond acceptors (Lipinski definition) is 5. The number of nitro benzene ring substituents is 1. The first kappa shape index (κ1) is 20.4. The maximum absolute atomic E-state index is 10.9. The van der Waals surface area contributed by atoms with Crippen LogP contribution in [0.3, 0.4) is 0 Å². The average Bonchev–Trinajstić information content (AvgIpc) is 3.10. The van der Waals surface area contributed by atoms with Gasteiger partial charge in [0.15, 0.2) is 0 Å². The molecule has 3 rings (SSSR count). The van der Waals surface area contributed by atoms with E-state index in [4.69, 9.17) is 5.10 Å². The Bertz CT molecular complexity index is 1150. The molecule has 0 saturated heterocycles. The lowest BCUT2D eigenvalue weighted by Crippen LogP contribution is -2.14. The zero-order chi connectivity index (χ0) is 21.0. The van der Waals surface area contributed by atoms with E-state index in [1.807, 2.05) is 17.0 Å². The molecule has 0 aliphatic heterocycles. The van der Waals surface area contributed by atoms with Gasteiger partial charge in [0, 0.05) is 23.1 Å². The summed E-state index contributed by atoms with van der Waals surface area (Å²) in [5.41, 5.74) is 6.06. The average molecular weight is 407 g/mol. The number of benzene rings is 2. The standard InChI is InChI=1S/C22H22N4O2S/c1-5-12-23-22-25(21(14-29-22)19-7-6-15(2)16(3)13-19)24-17(4)18-8-10-20(11-9-18)26(27)28/h5-11,13-14H,1,12H2,2-4H3. The first-order valence-corrected chi connectivity index (χ1v) is 9.98. The minimum Gasteiger partial charge on any atom is -0.258 e. The Morgan fingerprint density at radius 1 is 1.21 bits per heavy atom. The smallest absolute Gasteiger partial charge is 0.258 e. The molecule has 148 valence electrons.